The van der Waals surface area contributed by atoms with Gasteiger partial charge in [0.25, 0.3) is 5.91 Å². The zero-order chi connectivity index (χ0) is 15.8. The molecule has 116 valence electrons. The maximum Gasteiger partial charge on any atom is 0.256 e. The molecule has 23 heavy (non-hydrogen) atoms. The van der Waals surface area contributed by atoms with Gasteiger partial charge in [0.05, 0.1) is 6.20 Å². The average molecular weight is 306 g/mol. The number of rotatable bonds is 4. The molecule has 1 amide bonds. The topological polar surface area (TPSA) is 51.9 Å². The Balaban J connectivity index is 1.51. The predicted molar refractivity (Wildman–Crippen MR) is 87.6 cm³/mol. The number of carbonyl (C=O) groups is 1. The van der Waals surface area contributed by atoms with Crippen molar-refractivity contribution in [3.63, 3.8) is 0 Å². The third-order valence-electron chi connectivity index (χ3n) is 4.34. The van der Waals surface area contributed by atoms with Gasteiger partial charge in [0.1, 0.15) is 11.4 Å². The van der Waals surface area contributed by atoms with E-state index in [4.69, 9.17) is 0 Å². The SMILES string of the molecule is Cn1ncc(C(=O)NC2CC2c2ccccc2)c1-n1cccc1. The largest absolute Gasteiger partial charge is 0.348 e. The summed E-state index contributed by atoms with van der Waals surface area (Å²) in [5.74, 6) is 1.14. The molecule has 0 saturated heterocycles. The van der Waals surface area contributed by atoms with E-state index in [0.29, 0.717) is 11.5 Å². The second-order valence-electron chi connectivity index (χ2n) is 5.93. The molecule has 1 aliphatic rings. The molecule has 1 fully saturated rings. The third-order valence-corrected chi connectivity index (χ3v) is 4.34. The molecule has 0 aliphatic heterocycles. The summed E-state index contributed by atoms with van der Waals surface area (Å²) in [6.07, 6.45) is 6.45. The Kier molecular flexibility index (Phi) is 3.26. The first-order valence-electron chi connectivity index (χ1n) is 7.75. The number of nitrogens with zero attached hydrogens (tertiary/aromatic N) is 3. The molecule has 4 rings (SSSR count). The minimum absolute atomic E-state index is 0.0646. The molecule has 2 unspecified atom stereocenters. The molecule has 2 atom stereocenters. The van der Waals surface area contributed by atoms with Gasteiger partial charge in [0, 0.05) is 31.4 Å². The van der Waals surface area contributed by atoms with Crippen LogP contribution in [0.3, 0.4) is 0 Å². The van der Waals surface area contributed by atoms with Crippen molar-refractivity contribution in [2.75, 3.05) is 0 Å². The summed E-state index contributed by atoms with van der Waals surface area (Å²) in [5, 5.41) is 7.36. The number of amides is 1. The lowest BCUT2D eigenvalue weighted by Crippen LogP contribution is -2.27. The molecule has 0 bridgehead atoms. The number of nitrogens with one attached hydrogen (secondary N) is 1. The molecule has 5 heteroatoms. The lowest BCUT2D eigenvalue weighted by atomic mass is 10.1. The molecular formula is C18H18N4O. The Morgan fingerprint density at radius 3 is 2.65 bits per heavy atom. The van der Waals surface area contributed by atoms with Crippen LogP contribution < -0.4 is 5.32 Å². The van der Waals surface area contributed by atoms with Crippen molar-refractivity contribution >= 4 is 5.91 Å². The van der Waals surface area contributed by atoms with Gasteiger partial charge in [-0.05, 0) is 24.1 Å². The summed E-state index contributed by atoms with van der Waals surface area (Å²) in [6.45, 7) is 0. The van der Waals surface area contributed by atoms with Gasteiger partial charge in [-0.1, -0.05) is 30.3 Å². The highest BCUT2D eigenvalue weighted by Crippen LogP contribution is 2.40. The third kappa shape index (κ3) is 2.54. The highest BCUT2D eigenvalue weighted by molar-refractivity contribution is 5.97. The van der Waals surface area contributed by atoms with Crippen LogP contribution in [0.15, 0.2) is 61.1 Å². The average Bonchev–Trinajstić information content (AvgIpc) is 2.97. The Bertz CT molecular complexity index is 820. The van der Waals surface area contributed by atoms with Gasteiger partial charge in [0.15, 0.2) is 0 Å². The van der Waals surface area contributed by atoms with Gasteiger partial charge in [-0.3, -0.25) is 9.48 Å². The van der Waals surface area contributed by atoms with Gasteiger partial charge in [-0.15, -0.1) is 0 Å². The molecule has 0 radical (unpaired) electrons. The Labute approximate surface area is 134 Å². The van der Waals surface area contributed by atoms with Crippen LogP contribution in [-0.4, -0.2) is 26.3 Å². The van der Waals surface area contributed by atoms with E-state index in [0.717, 1.165) is 12.2 Å². The summed E-state index contributed by atoms with van der Waals surface area (Å²) in [5.41, 5.74) is 1.89. The minimum Gasteiger partial charge on any atom is -0.348 e. The lowest BCUT2D eigenvalue weighted by Gasteiger charge is -2.08. The first-order chi connectivity index (χ1) is 11.2. The van der Waals surface area contributed by atoms with Gasteiger partial charge in [-0.25, -0.2) is 0 Å². The zero-order valence-corrected chi connectivity index (χ0v) is 12.9. The summed E-state index contributed by atoms with van der Waals surface area (Å²) in [7, 11) is 1.84. The van der Waals surface area contributed by atoms with Crippen molar-refractivity contribution in [1.29, 1.82) is 0 Å². The lowest BCUT2D eigenvalue weighted by molar-refractivity contribution is 0.0950. The minimum atomic E-state index is -0.0646. The van der Waals surface area contributed by atoms with E-state index in [1.165, 1.54) is 5.56 Å². The molecule has 3 aromatic rings. The Morgan fingerprint density at radius 1 is 1.17 bits per heavy atom. The highest BCUT2D eigenvalue weighted by Gasteiger charge is 2.39. The molecular weight excluding hydrogens is 288 g/mol. The number of aromatic nitrogens is 3. The van der Waals surface area contributed by atoms with Gasteiger partial charge in [0.2, 0.25) is 0 Å². The van der Waals surface area contributed by atoms with Crippen molar-refractivity contribution in [1.82, 2.24) is 19.7 Å². The van der Waals surface area contributed by atoms with Crippen LogP contribution in [0, 0.1) is 0 Å². The van der Waals surface area contributed by atoms with Crippen LogP contribution in [-0.2, 0) is 7.05 Å². The fourth-order valence-electron chi connectivity index (χ4n) is 3.04. The van der Waals surface area contributed by atoms with E-state index in [1.54, 1.807) is 10.9 Å². The normalized spacial score (nSPS) is 19.5. The van der Waals surface area contributed by atoms with Crippen LogP contribution in [0.25, 0.3) is 5.82 Å². The van der Waals surface area contributed by atoms with Gasteiger partial charge < -0.3 is 9.88 Å². The summed E-state index contributed by atoms with van der Waals surface area (Å²) in [6, 6.07) is 14.4. The number of hydrogen-bond acceptors (Lipinski definition) is 2. The second kappa shape index (κ2) is 5.43. The summed E-state index contributed by atoms with van der Waals surface area (Å²) < 4.78 is 3.62. The van der Waals surface area contributed by atoms with Crippen LogP contribution in [0.1, 0.15) is 28.3 Å². The highest BCUT2D eigenvalue weighted by atomic mass is 16.1. The van der Waals surface area contributed by atoms with Crippen LogP contribution in [0.2, 0.25) is 0 Å². The number of carbonyl (C=O) groups excluding carboxylic acids is 1. The zero-order valence-electron chi connectivity index (χ0n) is 12.9. The first-order valence-corrected chi connectivity index (χ1v) is 7.75. The maximum absolute atomic E-state index is 12.6. The summed E-state index contributed by atoms with van der Waals surface area (Å²) >= 11 is 0. The molecule has 0 spiro atoms. The van der Waals surface area contributed by atoms with E-state index < -0.39 is 0 Å². The number of aryl methyl sites for hydroxylation is 1. The molecule has 2 heterocycles. The maximum atomic E-state index is 12.6. The van der Waals surface area contributed by atoms with Crippen molar-refractivity contribution in [3.05, 3.63) is 72.2 Å². The van der Waals surface area contributed by atoms with E-state index >= 15 is 0 Å². The van der Waals surface area contributed by atoms with Gasteiger partial charge in [-0.2, -0.15) is 5.10 Å². The fraction of sp³-hybridized carbons (Fsp3) is 0.222. The van der Waals surface area contributed by atoms with Crippen LogP contribution in [0.5, 0.6) is 0 Å². The van der Waals surface area contributed by atoms with E-state index in [-0.39, 0.29) is 11.9 Å². The van der Waals surface area contributed by atoms with Crippen molar-refractivity contribution in [2.24, 2.45) is 7.05 Å². The van der Waals surface area contributed by atoms with Crippen LogP contribution >= 0.6 is 0 Å². The molecule has 1 N–H and O–H groups in total. The summed E-state index contributed by atoms with van der Waals surface area (Å²) in [4.78, 5) is 12.6. The van der Waals surface area contributed by atoms with Crippen molar-refractivity contribution in [3.8, 4) is 5.82 Å². The van der Waals surface area contributed by atoms with E-state index in [2.05, 4.69) is 22.5 Å². The number of benzene rings is 1. The first kappa shape index (κ1) is 13.8. The smallest absolute Gasteiger partial charge is 0.256 e. The van der Waals surface area contributed by atoms with E-state index in [1.807, 2.05) is 54.3 Å². The molecule has 1 aliphatic carbocycles. The van der Waals surface area contributed by atoms with Gasteiger partial charge >= 0.3 is 0 Å². The molecule has 5 nitrogen and oxygen atoms in total. The molecule has 1 aromatic carbocycles. The van der Waals surface area contributed by atoms with E-state index in [9.17, 15) is 4.79 Å². The Hall–Kier alpha value is -2.82. The van der Waals surface area contributed by atoms with Crippen molar-refractivity contribution < 1.29 is 4.79 Å². The van der Waals surface area contributed by atoms with Crippen LogP contribution in [0.4, 0.5) is 0 Å². The standard InChI is InChI=1S/C18H18N4O/c1-21-18(22-9-5-6-10-22)15(12-19-21)17(23)20-16-11-14(16)13-7-3-2-4-8-13/h2-10,12,14,16H,11H2,1H3,(H,20,23). The monoisotopic (exact) mass is 306 g/mol. The number of hydrogen-bond donors (Lipinski definition) is 1. The second-order valence-corrected chi connectivity index (χ2v) is 5.93. The molecule has 1 saturated carbocycles. The Morgan fingerprint density at radius 2 is 1.91 bits per heavy atom. The molecule has 2 aromatic heterocycles. The fourth-order valence-corrected chi connectivity index (χ4v) is 3.04. The predicted octanol–water partition coefficient (Wildman–Crippen LogP) is 2.50. The van der Waals surface area contributed by atoms with Crippen molar-refractivity contribution in [2.45, 2.75) is 18.4 Å². The quantitative estimate of drug-likeness (QED) is 0.805.